The van der Waals surface area contributed by atoms with Gasteiger partial charge in [-0.3, -0.25) is 4.79 Å². The first-order valence-corrected chi connectivity index (χ1v) is 11.9. The number of amides is 1. The Balaban J connectivity index is 1.57. The van der Waals surface area contributed by atoms with E-state index in [1.807, 2.05) is 11.4 Å². The van der Waals surface area contributed by atoms with Crippen LogP contribution in [0.15, 0.2) is 21.7 Å². The Labute approximate surface area is 162 Å². The van der Waals surface area contributed by atoms with E-state index in [9.17, 15) is 13.2 Å². The second kappa shape index (κ2) is 8.16. The Kier molecular flexibility index (Phi) is 6.11. The number of nitrogens with zero attached hydrogens (tertiary/aromatic N) is 2. The summed E-state index contributed by atoms with van der Waals surface area (Å²) in [5, 5.41) is 2.87. The van der Waals surface area contributed by atoms with Crippen LogP contribution in [0.5, 0.6) is 0 Å². The molecule has 0 aromatic carbocycles. The topological polar surface area (TPSA) is 79.4 Å². The molecule has 1 aliphatic rings. The fraction of sp³-hybridized carbons (Fsp3) is 0.529. The largest absolute Gasteiger partial charge is 0.343 e. The number of thiophene rings is 1. The summed E-state index contributed by atoms with van der Waals surface area (Å²) in [7, 11) is -3.52. The number of thiazole rings is 1. The number of aromatic nitrogens is 1. The predicted molar refractivity (Wildman–Crippen MR) is 105 cm³/mol. The summed E-state index contributed by atoms with van der Waals surface area (Å²) >= 11 is 2.77. The number of nitrogens with one attached hydrogen (secondary N) is 1. The zero-order chi connectivity index (χ0) is 18.7. The van der Waals surface area contributed by atoms with Crippen molar-refractivity contribution in [1.29, 1.82) is 0 Å². The van der Waals surface area contributed by atoms with E-state index in [0.717, 1.165) is 28.5 Å². The fourth-order valence-electron chi connectivity index (χ4n) is 2.73. The minimum Gasteiger partial charge on any atom is -0.343 e. The van der Waals surface area contributed by atoms with Crippen molar-refractivity contribution in [2.24, 2.45) is 0 Å². The van der Waals surface area contributed by atoms with Crippen molar-refractivity contribution in [3.05, 3.63) is 23.2 Å². The average Bonchev–Trinajstić information content (AvgIpc) is 3.32. The Morgan fingerprint density at radius 2 is 2.15 bits per heavy atom. The maximum Gasteiger partial charge on any atom is 0.250 e. The van der Waals surface area contributed by atoms with E-state index in [0.29, 0.717) is 36.1 Å². The molecular weight excluding hydrogens is 390 g/mol. The first-order chi connectivity index (χ1) is 12.4. The number of hydrogen-bond acceptors (Lipinski definition) is 6. The molecule has 2 aromatic heterocycles. The normalized spacial score (nSPS) is 15.3. The first-order valence-electron chi connectivity index (χ1n) is 8.70. The van der Waals surface area contributed by atoms with Crippen LogP contribution in [0.2, 0.25) is 0 Å². The summed E-state index contributed by atoms with van der Waals surface area (Å²) in [6.07, 6.45) is 2.13. The highest BCUT2D eigenvalue weighted by Crippen LogP contribution is 2.33. The number of rotatable bonds is 8. The average molecular weight is 414 g/mol. The standard InChI is InChI=1S/C17H23N3O3S3/c1-12(2)13-11-24-17(19-13)14-6-7-16(25-14)26(22,23)18-8-4-10-20-9-3-5-15(20)21/h6-7,11-12,18H,3-5,8-10H2,1-2H3. The van der Waals surface area contributed by atoms with Gasteiger partial charge >= 0.3 is 0 Å². The van der Waals surface area contributed by atoms with Crippen molar-refractivity contribution in [3.63, 3.8) is 0 Å². The molecule has 2 aromatic rings. The molecule has 6 nitrogen and oxygen atoms in total. The van der Waals surface area contributed by atoms with Crippen LogP contribution >= 0.6 is 22.7 Å². The number of hydrogen-bond donors (Lipinski definition) is 1. The Hall–Kier alpha value is -1.29. The van der Waals surface area contributed by atoms with Gasteiger partial charge in [-0.2, -0.15) is 0 Å². The van der Waals surface area contributed by atoms with Crippen LogP contribution in [0, 0.1) is 0 Å². The zero-order valence-corrected chi connectivity index (χ0v) is 17.3. The summed E-state index contributed by atoms with van der Waals surface area (Å²) in [4.78, 5) is 18.8. The van der Waals surface area contributed by atoms with Crippen molar-refractivity contribution in [2.45, 2.75) is 43.2 Å². The lowest BCUT2D eigenvalue weighted by Crippen LogP contribution is -2.30. The molecule has 0 spiro atoms. The zero-order valence-electron chi connectivity index (χ0n) is 14.9. The van der Waals surface area contributed by atoms with Gasteiger partial charge in [0.05, 0.1) is 10.6 Å². The van der Waals surface area contributed by atoms with Gasteiger partial charge in [0.2, 0.25) is 15.9 Å². The van der Waals surface area contributed by atoms with Gasteiger partial charge in [0.1, 0.15) is 9.22 Å². The van der Waals surface area contributed by atoms with E-state index in [2.05, 4.69) is 23.6 Å². The molecule has 0 aliphatic carbocycles. The van der Waals surface area contributed by atoms with Gasteiger partial charge in [0, 0.05) is 31.4 Å². The van der Waals surface area contributed by atoms with E-state index < -0.39 is 10.0 Å². The highest BCUT2D eigenvalue weighted by atomic mass is 32.2. The molecule has 0 radical (unpaired) electrons. The third-order valence-electron chi connectivity index (χ3n) is 4.24. The molecule has 142 valence electrons. The third-order valence-corrected chi connectivity index (χ3v) is 8.31. The summed E-state index contributed by atoms with van der Waals surface area (Å²) in [5.41, 5.74) is 1.03. The number of sulfonamides is 1. The molecule has 1 aliphatic heterocycles. The molecular formula is C17H23N3O3S3. The maximum atomic E-state index is 12.5. The lowest BCUT2D eigenvalue weighted by Gasteiger charge is -2.15. The molecule has 3 heterocycles. The number of carbonyl (C=O) groups is 1. The number of likely N-dealkylation sites (tertiary alicyclic amines) is 1. The van der Waals surface area contributed by atoms with Gasteiger partial charge in [-0.05, 0) is 30.9 Å². The van der Waals surface area contributed by atoms with Gasteiger partial charge in [-0.1, -0.05) is 13.8 Å². The Morgan fingerprint density at radius 3 is 2.81 bits per heavy atom. The van der Waals surface area contributed by atoms with Crippen molar-refractivity contribution in [2.75, 3.05) is 19.6 Å². The summed E-state index contributed by atoms with van der Waals surface area (Å²) < 4.78 is 27.8. The molecule has 1 fully saturated rings. The lowest BCUT2D eigenvalue weighted by molar-refractivity contribution is -0.127. The molecule has 0 bridgehead atoms. The molecule has 0 unspecified atom stereocenters. The smallest absolute Gasteiger partial charge is 0.250 e. The first kappa shape index (κ1) is 19.5. The molecule has 3 rings (SSSR count). The molecule has 26 heavy (non-hydrogen) atoms. The Morgan fingerprint density at radius 1 is 1.35 bits per heavy atom. The van der Waals surface area contributed by atoms with Gasteiger partial charge in [0.15, 0.2) is 0 Å². The third kappa shape index (κ3) is 4.51. The van der Waals surface area contributed by atoms with Crippen molar-refractivity contribution < 1.29 is 13.2 Å². The monoisotopic (exact) mass is 413 g/mol. The van der Waals surface area contributed by atoms with Gasteiger partial charge < -0.3 is 4.90 Å². The predicted octanol–water partition coefficient (Wildman–Crippen LogP) is 3.29. The van der Waals surface area contributed by atoms with Crippen LogP contribution in [-0.4, -0.2) is 43.8 Å². The Bertz CT molecular complexity index is 871. The highest BCUT2D eigenvalue weighted by molar-refractivity contribution is 7.91. The molecule has 1 amide bonds. The van der Waals surface area contributed by atoms with Gasteiger partial charge in [0.25, 0.3) is 0 Å². The van der Waals surface area contributed by atoms with E-state index in [-0.39, 0.29) is 5.91 Å². The second-order valence-electron chi connectivity index (χ2n) is 6.59. The van der Waals surface area contributed by atoms with Crippen LogP contribution in [0.25, 0.3) is 9.88 Å². The molecule has 1 saturated heterocycles. The molecule has 9 heteroatoms. The van der Waals surface area contributed by atoms with Crippen LogP contribution in [0.4, 0.5) is 0 Å². The lowest BCUT2D eigenvalue weighted by atomic mass is 10.2. The van der Waals surface area contributed by atoms with Crippen molar-refractivity contribution in [3.8, 4) is 9.88 Å². The van der Waals surface area contributed by atoms with E-state index in [1.165, 1.54) is 22.7 Å². The van der Waals surface area contributed by atoms with E-state index in [1.54, 1.807) is 11.0 Å². The van der Waals surface area contributed by atoms with Gasteiger partial charge in [-0.25, -0.2) is 18.1 Å². The van der Waals surface area contributed by atoms with Crippen LogP contribution in [0.1, 0.15) is 44.7 Å². The van der Waals surface area contributed by atoms with E-state index >= 15 is 0 Å². The van der Waals surface area contributed by atoms with Crippen molar-refractivity contribution in [1.82, 2.24) is 14.6 Å². The molecule has 1 N–H and O–H groups in total. The van der Waals surface area contributed by atoms with Crippen LogP contribution in [-0.2, 0) is 14.8 Å². The maximum absolute atomic E-state index is 12.5. The summed E-state index contributed by atoms with van der Waals surface area (Å²) in [5.74, 6) is 0.521. The minimum absolute atomic E-state index is 0.167. The van der Waals surface area contributed by atoms with Crippen molar-refractivity contribution >= 4 is 38.6 Å². The molecule has 0 atom stereocenters. The second-order valence-corrected chi connectivity index (χ2v) is 10.5. The minimum atomic E-state index is -3.52. The molecule has 0 saturated carbocycles. The highest BCUT2D eigenvalue weighted by Gasteiger charge is 2.21. The van der Waals surface area contributed by atoms with E-state index in [4.69, 9.17) is 0 Å². The fourth-order valence-corrected chi connectivity index (χ4v) is 6.21. The SMILES string of the molecule is CC(C)c1csc(-c2ccc(S(=O)(=O)NCCCN3CCCC3=O)s2)n1. The number of carbonyl (C=O) groups excluding carboxylic acids is 1. The summed E-state index contributed by atoms with van der Waals surface area (Å²) in [6, 6.07) is 3.44. The summed E-state index contributed by atoms with van der Waals surface area (Å²) in [6.45, 7) is 5.89. The quantitative estimate of drug-likeness (QED) is 0.674. The van der Waals surface area contributed by atoms with Crippen LogP contribution in [0.3, 0.4) is 0 Å². The van der Waals surface area contributed by atoms with Gasteiger partial charge in [-0.15, -0.1) is 22.7 Å². The van der Waals surface area contributed by atoms with Crippen LogP contribution < -0.4 is 4.72 Å².